The molecule has 0 aliphatic rings. The van der Waals surface area contributed by atoms with E-state index in [1.165, 1.54) is 6.07 Å². The number of halogens is 2. The molecule has 3 N–H and O–H groups in total. The van der Waals surface area contributed by atoms with Crippen molar-refractivity contribution in [2.75, 3.05) is 51.6 Å². The minimum Gasteiger partial charge on any atom is -0.400 e. The number of aromatic nitrogens is 2. The average Bonchev–Trinajstić information content (AvgIpc) is 2.91. The van der Waals surface area contributed by atoms with Crippen LogP contribution < -0.4 is 15.5 Å². The number of benzene rings is 1. The molecule has 38 heavy (non-hydrogen) atoms. The van der Waals surface area contributed by atoms with E-state index in [0.29, 0.717) is 30.8 Å². The number of nitrogens with one attached hydrogen (secondary N) is 2. The fourth-order valence-corrected chi connectivity index (χ4v) is 3.17. The van der Waals surface area contributed by atoms with Crippen molar-refractivity contribution in [3.8, 4) is 0 Å². The van der Waals surface area contributed by atoms with Crippen LogP contribution in [0.5, 0.6) is 0 Å². The first-order valence-corrected chi connectivity index (χ1v) is 12.6. The Labute approximate surface area is 227 Å². The molecule has 0 fully saturated rings. The molecule has 0 saturated carbocycles. The fourth-order valence-electron chi connectivity index (χ4n) is 3.17. The molecular weight excluding hydrogens is 490 g/mol. The smallest absolute Gasteiger partial charge is 0.225 e. The van der Waals surface area contributed by atoms with Crippen molar-refractivity contribution in [1.29, 1.82) is 0 Å². The lowest BCUT2D eigenvalue weighted by atomic mass is 10.0. The van der Waals surface area contributed by atoms with Crippen LogP contribution in [0.15, 0.2) is 36.4 Å². The zero-order chi connectivity index (χ0) is 29.8. The number of para-hydroxylation sites is 1. The number of hydrogen-bond acceptors (Lipinski definition) is 7. The van der Waals surface area contributed by atoms with Gasteiger partial charge in [0, 0.05) is 32.3 Å². The van der Waals surface area contributed by atoms with Gasteiger partial charge < -0.3 is 20.6 Å². The maximum atomic E-state index is 14.6. The number of aliphatic hydroxyl groups is 1. The molecular formula is C28H46F2N6O2. The van der Waals surface area contributed by atoms with E-state index in [0.717, 1.165) is 35.3 Å². The Hall–Kier alpha value is -3.21. The van der Waals surface area contributed by atoms with E-state index >= 15 is 0 Å². The van der Waals surface area contributed by atoms with Gasteiger partial charge in [-0.25, -0.2) is 13.8 Å². The number of amides is 1. The second-order valence-corrected chi connectivity index (χ2v) is 7.62. The summed E-state index contributed by atoms with van der Waals surface area (Å²) in [6, 6.07) is 3.43. The van der Waals surface area contributed by atoms with Crippen LogP contribution in [0.25, 0.3) is 5.57 Å². The van der Waals surface area contributed by atoms with Crippen LogP contribution >= 0.6 is 0 Å². The van der Waals surface area contributed by atoms with Crippen molar-refractivity contribution >= 4 is 29.4 Å². The molecule has 0 spiro atoms. The van der Waals surface area contributed by atoms with Crippen molar-refractivity contribution in [1.82, 2.24) is 20.2 Å². The highest BCUT2D eigenvalue weighted by molar-refractivity contribution is 5.89. The van der Waals surface area contributed by atoms with Crippen LogP contribution in [0.2, 0.25) is 0 Å². The van der Waals surface area contributed by atoms with Crippen LogP contribution in [0.3, 0.4) is 0 Å². The van der Waals surface area contributed by atoms with Gasteiger partial charge in [0.05, 0.1) is 5.69 Å². The molecule has 0 aliphatic carbocycles. The van der Waals surface area contributed by atoms with Gasteiger partial charge in [0.25, 0.3) is 0 Å². The largest absolute Gasteiger partial charge is 0.400 e. The standard InChI is InChI=1S/C23H30F2N6O.2C2H6.CH4O/c1-7-16(15(2)3)20-17(13-26-4)22(29-23(28-20)27-11-12-30(5)6)31(14-32)21-18(24)9-8-10-19(21)25;3*1-2/h7-10,14,26H,1,11-13H2,2-6H3,(H,27,28,29);2*1-2H3;2H,1H3. The lowest BCUT2D eigenvalue weighted by Crippen LogP contribution is -2.25. The van der Waals surface area contributed by atoms with Crippen molar-refractivity contribution in [3.63, 3.8) is 0 Å². The molecule has 0 saturated heterocycles. The molecule has 1 amide bonds. The van der Waals surface area contributed by atoms with Gasteiger partial charge in [-0.3, -0.25) is 9.69 Å². The normalized spacial score (nSPS) is 9.53. The number of hydrogen-bond donors (Lipinski definition) is 3. The third kappa shape index (κ3) is 10.6. The van der Waals surface area contributed by atoms with Crippen molar-refractivity contribution in [2.45, 2.75) is 48.1 Å². The van der Waals surface area contributed by atoms with E-state index in [1.54, 1.807) is 13.1 Å². The quantitative estimate of drug-likeness (QED) is 0.262. The third-order valence-electron chi connectivity index (χ3n) is 4.69. The Morgan fingerprint density at radius 1 is 1.08 bits per heavy atom. The molecule has 0 bridgehead atoms. The molecule has 2 aromatic rings. The number of anilines is 3. The monoisotopic (exact) mass is 536 g/mol. The molecule has 0 radical (unpaired) electrons. The summed E-state index contributed by atoms with van der Waals surface area (Å²) in [4.78, 5) is 24.1. The van der Waals surface area contributed by atoms with Crippen LogP contribution in [0.1, 0.15) is 52.8 Å². The van der Waals surface area contributed by atoms with Crippen molar-refractivity contribution in [2.24, 2.45) is 0 Å². The number of rotatable bonds is 11. The predicted molar refractivity (Wildman–Crippen MR) is 156 cm³/mol. The van der Waals surface area contributed by atoms with Crippen LogP contribution in [0.4, 0.5) is 26.2 Å². The molecule has 8 nitrogen and oxygen atoms in total. The van der Waals surface area contributed by atoms with Crippen LogP contribution in [-0.4, -0.2) is 67.7 Å². The number of allylic oxidation sites excluding steroid dienone is 3. The molecule has 0 unspecified atom stereocenters. The molecule has 1 aromatic carbocycles. The minimum atomic E-state index is -0.874. The zero-order valence-electron chi connectivity index (χ0n) is 24.6. The molecule has 2 rings (SSSR count). The Kier molecular flexibility index (Phi) is 20.2. The van der Waals surface area contributed by atoms with Gasteiger partial charge in [-0.05, 0) is 52.7 Å². The highest BCUT2D eigenvalue weighted by atomic mass is 19.1. The highest BCUT2D eigenvalue weighted by Crippen LogP contribution is 2.34. The number of nitrogens with zero attached hydrogens (tertiary/aromatic N) is 4. The first-order chi connectivity index (χ1) is 18.2. The lowest BCUT2D eigenvalue weighted by Gasteiger charge is -2.24. The summed E-state index contributed by atoms with van der Waals surface area (Å²) in [6.07, 6.45) is 2.02. The van der Waals surface area contributed by atoms with Gasteiger partial charge in [0.15, 0.2) is 5.82 Å². The maximum Gasteiger partial charge on any atom is 0.225 e. The van der Waals surface area contributed by atoms with Gasteiger partial charge in [0.1, 0.15) is 17.3 Å². The molecule has 1 aromatic heterocycles. The number of carbonyl (C=O) groups is 1. The number of aliphatic hydroxyl groups excluding tert-OH is 1. The predicted octanol–water partition coefficient (Wildman–Crippen LogP) is 5.38. The number of likely N-dealkylation sites (N-methyl/N-ethyl adjacent to an activating group) is 1. The van der Waals surface area contributed by atoms with Crippen molar-refractivity contribution < 1.29 is 18.7 Å². The van der Waals surface area contributed by atoms with Gasteiger partial charge >= 0.3 is 0 Å². The first kappa shape index (κ1) is 36.9. The summed E-state index contributed by atoms with van der Waals surface area (Å²) in [5, 5.41) is 13.2. The summed E-state index contributed by atoms with van der Waals surface area (Å²) in [5.41, 5.74) is 2.22. The zero-order valence-corrected chi connectivity index (χ0v) is 24.6. The Balaban J connectivity index is 0. The van der Waals surface area contributed by atoms with Gasteiger partial charge in [0.2, 0.25) is 12.4 Å². The van der Waals surface area contributed by atoms with Gasteiger partial charge in [-0.15, -0.1) is 0 Å². The summed E-state index contributed by atoms with van der Waals surface area (Å²) in [5.74, 6) is -1.43. The van der Waals surface area contributed by atoms with E-state index in [9.17, 15) is 13.6 Å². The minimum absolute atomic E-state index is 0.0799. The van der Waals surface area contributed by atoms with E-state index in [-0.39, 0.29) is 18.3 Å². The Morgan fingerprint density at radius 3 is 2.05 bits per heavy atom. The number of carbonyl (C=O) groups excluding carboxylic acids is 1. The van der Waals surface area contributed by atoms with Crippen molar-refractivity contribution in [3.05, 3.63) is 59.3 Å². The topological polar surface area (TPSA) is 93.6 Å². The van der Waals surface area contributed by atoms with E-state index < -0.39 is 17.3 Å². The summed E-state index contributed by atoms with van der Waals surface area (Å²) >= 11 is 0. The van der Waals surface area contributed by atoms with Crippen LogP contribution in [0, 0.1) is 11.6 Å². The molecule has 0 atom stereocenters. The van der Waals surface area contributed by atoms with Gasteiger partial charge in [-0.1, -0.05) is 52.0 Å². The van der Waals surface area contributed by atoms with E-state index in [4.69, 9.17) is 5.11 Å². The van der Waals surface area contributed by atoms with E-state index in [1.807, 2.05) is 60.5 Å². The Bertz CT molecular complexity index is 989. The SMILES string of the molecule is C=CC(=C(C)C)c1nc(NCCN(C)C)nc(N(C=O)c2c(F)cccc2F)c1CNC.CC.CC.CO. The highest BCUT2D eigenvalue weighted by Gasteiger charge is 2.26. The fraction of sp³-hybridized carbons (Fsp3) is 0.464. The molecule has 0 aliphatic heterocycles. The van der Waals surface area contributed by atoms with Gasteiger partial charge in [-0.2, -0.15) is 4.98 Å². The molecule has 214 valence electrons. The molecule has 1 heterocycles. The molecule has 10 heteroatoms. The summed E-state index contributed by atoms with van der Waals surface area (Å²) < 4.78 is 29.2. The second kappa shape index (κ2) is 20.8. The summed E-state index contributed by atoms with van der Waals surface area (Å²) in [7, 11) is 6.59. The summed E-state index contributed by atoms with van der Waals surface area (Å²) in [6.45, 7) is 17.2. The second-order valence-electron chi connectivity index (χ2n) is 7.62. The third-order valence-corrected chi connectivity index (χ3v) is 4.69. The maximum absolute atomic E-state index is 14.6. The lowest BCUT2D eigenvalue weighted by molar-refractivity contribution is -0.106. The van der Waals surface area contributed by atoms with Crippen LogP contribution in [-0.2, 0) is 11.3 Å². The Morgan fingerprint density at radius 2 is 1.63 bits per heavy atom. The van der Waals surface area contributed by atoms with E-state index in [2.05, 4.69) is 27.2 Å². The average molecular weight is 537 g/mol. The first-order valence-electron chi connectivity index (χ1n) is 12.6.